The van der Waals surface area contributed by atoms with E-state index < -0.39 is 0 Å². The number of fused-ring (bicyclic) bond motifs is 1. The third-order valence-corrected chi connectivity index (χ3v) is 5.62. The number of ether oxygens (including phenoxy) is 1. The standard InChI is InChI=1S/C24H25NO3/c1-15(2)19-13-8-16(3)14-22(19)28-18-11-9-17(10-12-18)25-23(26)20-6-4-5-7-21(20)24(25)27/h4-5,8-15,20-21H,6-7H2,1-3H3. The highest BCUT2D eigenvalue weighted by Crippen LogP contribution is 2.38. The number of carbonyl (C=O) groups is 2. The van der Waals surface area contributed by atoms with Crippen LogP contribution in [0.5, 0.6) is 11.5 Å². The van der Waals surface area contributed by atoms with Gasteiger partial charge in [0.1, 0.15) is 11.5 Å². The van der Waals surface area contributed by atoms with Crippen molar-refractivity contribution in [1.29, 1.82) is 0 Å². The average molecular weight is 375 g/mol. The monoisotopic (exact) mass is 375 g/mol. The summed E-state index contributed by atoms with van der Waals surface area (Å²) in [6, 6.07) is 13.5. The fourth-order valence-corrected chi connectivity index (χ4v) is 4.05. The van der Waals surface area contributed by atoms with E-state index >= 15 is 0 Å². The van der Waals surface area contributed by atoms with Crippen molar-refractivity contribution in [2.45, 2.75) is 39.5 Å². The van der Waals surface area contributed by atoms with Gasteiger partial charge in [0.05, 0.1) is 17.5 Å². The molecule has 0 N–H and O–H groups in total. The van der Waals surface area contributed by atoms with Gasteiger partial charge in [-0.15, -0.1) is 0 Å². The normalized spacial score (nSPS) is 21.4. The Kier molecular flexibility index (Phi) is 4.80. The lowest BCUT2D eigenvalue weighted by Crippen LogP contribution is -2.30. The van der Waals surface area contributed by atoms with E-state index in [0.717, 1.165) is 16.9 Å². The molecule has 1 aliphatic heterocycles. The van der Waals surface area contributed by atoms with Gasteiger partial charge in [0.2, 0.25) is 11.8 Å². The number of imide groups is 1. The predicted octanol–water partition coefficient (Wildman–Crippen LogP) is 5.37. The van der Waals surface area contributed by atoms with E-state index in [2.05, 4.69) is 26.0 Å². The highest BCUT2D eigenvalue weighted by molar-refractivity contribution is 6.22. The van der Waals surface area contributed by atoms with E-state index in [-0.39, 0.29) is 23.7 Å². The Morgan fingerprint density at radius 1 is 0.929 bits per heavy atom. The van der Waals surface area contributed by atoms with E-state index in [0.29, 0.717) is 30.2 Å². The van der Waals surface area contributed by atoms with Gasteiger partial charge >= 0.3 is 0 Å². The fraction of sp³-hybridized carbons (Fsp3) is 0.333. The molecule has 0 saturated carbocycles. The summed E-state index contributed by atoms with van der Waals surface area (Å²) in [4.78, 5) is 26.8. The van der Waals surface area contributed by atoms with Crippen LogP contribution in [0.25, 0.3) is 0 Å². The van der Waals surface area contributed by atoms with Crippen molar-refractivity contribution in [3.63, 3.8) is 0 Å². The van der Waals surface area contributed by atoms with E-state index in [1.807, 2.05) is 37.3 Å². The zero-order chi connectivity index (χ0) is 19.8. The van der Waals surface area contributed by atoms with E-state index in [1.54, 1.807) is 12.1 Å². The maximum absolute atomic E-state index is 12.7. The number of benzene rings is 2. The van der Waals surface area contributed by atoms with Crippen LogP contribution in [0.3, 0.4) is 0 Å². The van der Waals surface area contributed by atoms with Crippen LogP contribution in [-0.4, -0.2) is 11.8 Å². The van der Waals surface area contributed by atoms with Gasteiger partial charge in [-0.2, -0.15) is 0 Å². The van der Waals surface area contributed by atoms with Crippen LogP contribution in [0.15, 0.2) is 54.6 Å². The minimum absolute atomic E-state index is 0.0891. The van der Waals surface area contributed by atoms with Gasteiger partial charge in [-0.1, -0.05) is 38.1 Å². The molecule has 2 amide bonds. The molecule has 144 valence electrons. The fourth-order valence-electron chi connectivity index (χ4n) is 4.05. The van der Waals surface area contributed by atoms with E-state index in [1.165, 1.54) is 4.90 Å². The Hall–Kier alpha value is -2.88. The van der Waals surface area contributed by atoms with Crippen LogP contribution < -0.4 is 9.64 Å². The van der Waals surface area contributed by atoms with Gasteiger partial charge in [0.15, 0.2) is 0 Å². The summed E-state index contributed by atoms with van der Waals surface area (Å²) in [5.74, 6) is 1.28. The number of hydrogen-bond acceptors (Lipinski definition) is 3. The topological polar surface area (TPSA) is 46.6 Å². The maximum atomic E-state index is 12.7. The molecule has 2 aromatic rings. The third kappa shape index (κ3) is 3.24. The molecule has 4 heteroatoms. The summed E-state index contributed by atoms with van der Waals surface area (Å²) in [6.07, 6.45) is 5.30. The number of rotatable bonds is 4. The second kappa shape index (κ2) is 7.27. The summed E-state index contributed by atoms with van der Waals surface area (Å²) in [5.41, 5.74) is 2.90. The van der Waals surface area contributed by atoms with Crippen molar-refractivity contribution in [2.75, 3.05) is 4.90 Å². The van der Waals surface area contributed by atoms with Crippen molar-refractivity contribution in [3.05, 3.63) is 65.7 Å². The molecule has 1 saturated heterocycles. The minimum Gasteiger partial charge on any atom is -0.457 e. The zero-order valence-corrected chi connectivity index (χ0v) is 16.5. The van der Waals surface area contributed by atoms with Crippen LogP contribution in [0, 0.1) is 18.8 Å². The highest BCUT2D eigenvalue weighted by Gasteiger charge is 2.47. The van der Waals surface area contributed by atoms with Gasteiger partial charge in [-0.3, -0.25) is 14.5 Å². The molecule has 0 bridgehead atoms. The quantitative estimate of drug-likeness (QED) is 0.533. The second-order valence-corrected chi connectivity index (χ2v) is 7.96. The predicted molar refractivity (Wildman–Crippen MR) is 110 cm³/mol. The number of hydrogen-bond donors (Lipinski definition) is 0. The van der Waals surface area contributed by atoms with Crippen LogP contribution in [0.4, 0.5) is 5.69 Å². The van der Waals surface area contributed by atoms with Crippen LogP contribution in [-0.2, 0) is 9.59 Å². The first kappa shape index (κ1) is 18.5. The molecule has 2 unspecified atom stereocenters. The van der Waals surface area contributed by atoms with Crippen molar-refractivity contribution >= 4 is 17.5 Å². The number of aryl methyl sites for hydroxylation is 1. The summed E-state index contributed by atoms with van der Waals surface area (Å²) in [5, 5.41) is 0. The number of amides is 2. The Bertz CT molecular complexity index is 917. The van der Waals surface area contributed by atoms with Gasteiger partial charge in [-0.25, -0.2) is 0 Å². The summed E-state index contributed by atoms with van der Waals surface area (Å²) < 4.78 is 6.12. The first-order chi connectivity index (χ1) is 13.5. The molecular formula is C24H25NO3. The van der Waals surface area contributed by atoms with Crippen LogP contribution in [0.1, 0.15) is 43.7 Å². The van der Waals surface area contributed by atoms with E-state index in [4.69, 9.17) is 4.74 Å². The third-order valence-electron chi connectivity index (χ3n) is 5.62. The molecule has 4 nitrogen and oxygen atoms in total. The smallest absolute Gasteiger partial charge is 0.238 e. The lowest BCUT2D eigenvalue weighted by Gasteiger charge is -2.17. The molecule has 28 heavy (non-hydrogen) atoms. The van der Waals surface area contributed by atoms with Crippen molar-refractivity contribution in [1.82, 2.24) is 0 Å². The molecule has 0 spiro atoms. The van der Waals surface area contributed by atoms with Crippen molar-refractivity contribution in [2.24, 2.45) is 11.8 Å². The van der Waals surface area contributed by atoms with Gasteiger partial charge in [0.25, 0.3) is 0 Å². The molecular weight excluding hydrogens is 350 g/mol. The zero-order valence-electron chi connectivity index (χ0n) is 16.5. The minimum atomic E-state index is -0.214. The molecule has 1 heterocycles. The summed E-state index contributed by atoms with van der Waals surface area (Å²) in [6.45, 7) is 6.32. The highest BCUT2D eigenvalue weighted by atomic mass is 16.5. The summed E-state index contributed by atoms with van der Waals surface area (Å²) >= 11 is 0. The molecule has 2 atom stereocenters. The molecule has 2 aliphatic rings. The maximum Gasteiger partial charge on any atom is 0.238 e. The molecule has 1 aliphatic carbocycles. The summed E-state index contributed by atoms with van der Waals surface area (Å²) in [7, 11) is 0. The first-order valence-corrected chi connectivity index (χ1v) is 9.87. The van der Waals surface area contributed by atoms with Crippen molar-refractivity contribution in [3.8, 4) is 11.5 Å². The molecule has 4 rings (SSSR count). The second-order valence-electron chi connectivity index (χ2n) is 7.96. The lowest BCUT2D eigenvalue weighted by molar-refractivity contribution is -0.122. The molecule has 2 aromatic carbocycles. The number of nitrogens with zero attached hydrogens (tertiary/aromatic N) is 1. The number of carbonyl (C=O) groups excluding carboxylic acids is 2. The Morgan fingerprint density at radius 2 is 1.54 bits per heavy atom. The lowest BCUT2D eigenvalue weighted by atomic mass is 9.85. The van der Waals surface area contributed by atoms with Crippen LogP contribution >= 0.6 is 0 Å². The molecule has 0 aromatic heterocycles. The van der Waals surface area contributed by atoms with Crippen molar-refractivity contribution < 1.29 is 14.3 Å². The Labute approximate surface area is 165 Å². The molecule has 0 radical (unpaired) electrons. The number of allylic oxidation sites excluding steroid dienone is 2. The van der Waals surface area contributed by atoms with Gasteiger partial charge in [0, 0.05) is 0 Å². The van der Waals surface area contributed by atoms with Gasteiger partial charge in [-0.05, 0) is 67.1 Å². The van der Waals surface area contributed by atoms with Gasteiger partial charge < -0.3 is 4.74 Å². The average Bonchev–Trinajstić information content (AvgIpc) is 2.93. The van der Waals surface area contributed by atoms with E-state index in [9.17, 15) is 9.59 Å². The first-order valence-electron chi connectivity index (χ1n) is 9.87. The SMILES string of the molecule is Cc1ccc(C(C)C)c(Oc2ccc(N3C(=O)C4CC=CCC4C3=O)cc2)c1. The Balaban J connectivity index is 1.56. The Morgan fingerprint density at radius 3 is 2.11 bits per heavy atom. The number of anilines is 1. The van der Waals surface area contributed by atoms with Crippen LogP contribution in [0.2, 0.25) is 0 Å². The molecule has 1 fully saturated rings. The largest absolute Gasteiger partial charge is 0.457 e.